The van der Waals surface area contributed by atoms with Crippen molar-refractivity contribution < 1.29 is 9.90 Å². The van der Waals surface area contributed by atoms with Crippen LogP contribution in [0.25, 0.3) is 11.3 Å². The number of fused-ring (bicyclic) bond motifs is 3. The summed E-state index contributed by atoms with van der Waals surface area (Å²) >= 11 is 0. The molecule has 5 nitrogen and oxygen atoms in total. The minimum absolute atomic E-state index is 0.0273. The summed E-state index contributed by atoms with van der Waals surface area (Å²) in [6, 6.07) is 6.12. The Kier molecular flexibility index (Phi) is 7.01. The number of nitrogens with zero attached hydrogens (tertiary/aromatic N) is 2. The smallest absolute Gasteiger partial charge is 0.228 e. The summed E-state index contributed by atoms with van der Waals surface area (Å²) in [6.07, 6.45) is 11.1. The zero-order chi connectivity index (χ0) is 21.8. The van der Waals surface area contributed by atoms with Crippen LogP contribution in [0, 0.1) is 11.8 Å². The summed E-state index contributed by atoms with van der Waals surface area (Å²) in [5.41, 5.74) is 6.11. The Balaban J connectivity index is 1.66. The first-order valence-electron chi connectivity index (χ1n) is 12.0. The van der Waals surface area contributed by atoms with Crippen LogP contribution in [-0.2, 0) is 30.7 Å². The third kappa shape index (κ3) is 4.98. The number of carbonyl (C=O) groups is 1. The highest BCUT2D eigenvalue weighted by Gasteiger charge is 2.24. The molecule has 1 saturated carbocycles. The lowest BCUT2D eigenvalue weighted by Crippen LogP contribution is -2.23. The maximum Gasteiger partial charge on any atom is 0.228 e. The van der Waals surface area contributed by atoms with E-state index in [-0.39, 0.29) is 18.4 Å². The maximum atomic E-state index is 12.6. The van der Waals surface area contributed by atoms with E-state index < -0.39 is 0 Å². The van der Waals surface area contributed by atoms with Crippen LogP contribution in [0.4, 0.5) is 5.82 Å². The first-order chi connectivity index (χ1) is 15.1. The molecule has 2 aliphatic rings. The Bertz CT molecular complexity index is 934. The fourth-order valence-electron chi connectivity index (χ4n) is 4.85. The predicted molar refractivity (Wildman–Crippen MR) is 124 cm³/mol. The first kappa shape index (κ1) is 21.9. The third-order valence-corrected chi connectivity index (χ3v) is 7.09. The SMILES string of the molecule is CCC(C)C(=O)Nc1nc2c(nc1CCC1CCCCC1)-c1ccc(CO)cc1CC2. The Morgan fingerprint density at radius 1 is 1.19 bits per heavy atom. The van der Waals surface area contributed by atoms with Gasteiger partial charge in [0.05, 0.1) is 23.7 Å². The van der Waals surface area contributed by atoms with E-state index in [0.29, 0.717) is 5.82 Å². The minimum Gasteiger partial charge on any atom is -0.392 e. The summed E-state index contributed by atoms with van der Waals surface area (Å²) in [7, 11) is 0. The largest absolute Gasteiger partial charge is 0.392 e. The van der Waals surface area contributed by atoms with Crippen LogP contribution in [-0.4, -0.2) is 21.0 Å². The van der Waals surface area contributed by atoms with Crippen molar-refractivity contribution in [1.29, 1.82) is 0 Å². The number of anilines is 1. The van der Waals surface area contributed by atoms with E-state index in [1.54, 1.807) is 0 Å². The van der Waals surface area contributed by atoms with Crippen molar-refractivity contribution >= 4 is 11.7 Å². The Morgan fingerprint density at radius 3 is 2.74 bits per heavy atom. The fraction of sp³-hybridized carbons (Fsp3) is 0.577. The maximum absolute atomic E-state index is 12.6. The average molecular weight is 422 g/mol. The molecule has 1 aromatic heterocycles. The molecule has 0 radical (unpaired) electrons. The minimum atomic E-state index is -0.0401. The number of hydrogen-bond acceptors (Lipinski definition) is 4. The van der Waals surface area contributed by atoms with Gasteiger partial charge in [0.2, 0.25) is 5.91 Å². The van der Waals surface area contributed by atoms with Gasteiger partial charge in [-0.2, -0.15) is 0 Å². The summed E-state index contributed by atoms with van der Waals surface area (Å²) in [5.74, 6) is 1.40. The van der Waals surface area contributed by atoms with E-state index in [4.69, 9.17) is 9.97 Å². The van der Waals surface area contributed by atoms with Crippen molar-refractivity contribution in [3.05, 3.63) is 40.7 Å². The van der Waals surface area contributed by atoms with Gasteiger partial charge in [0.25, 0.3) is 0 Å². The molecule has 1 aromatic carbocycles. The number of amides is 1. The van der Waals surface area contributed by atoms with E-state index in [9.17, 15) is 9.90 Å². The third-order valence-electron chi connectivity index (χ3n) is 7.09. The number of carbonyl (C=O) groups excluding carboxylic acids is 1. The monoisotopic (exact) mass is 421 g/mol. The van der Waals surface area contributed by atoms with Gasteiger partial charge in [-0.3, -0.25) is 4.79 Å². The second-order valence-electron chi connectivity index (χ2n) is 9.31. The Hall–Kier alpha value is -2.27. The van der Waals surface area contributed by atoms with E-state index in [2.05, 4.69) is 17.4 Å². The van der Waals surface area contributed by atoms with Gasteiger partial charge >= 0.3 is 0 Å². The molecule has 2 aliphatic carbocycles. The molecule has 1 amide bonds. The normalized spacial score (nSPS) is 17.0. The average Bonchev–Trinajstić information content (AvgIpc) is 2.82. The van der Waals surface area contributed by atoms with E-state index >= 15 is 0 Å². The van der Waals surface area contributed by atoms with Gasteiger partial charge in [-0.05, 0) is 49.1 Å². The fourth-order valence-corrected chi connectivity index (χ4v) is 4.85. The topological polar surface area (TPSA) is 75.1 Å². The van der Waals surface area contributed by atoms with E-state index in [1.165, 1.54) is 37.7 Å². The van der Waals surface area contributed by atoms with Crippen molar-refractivity contribution in [2.45, 2.75) is 84.7 Å². The molecular formula is C26H35N3O2. The molecular weight excluding hydrogens is 386 g/mol. The van der Waals surface area contributed by atoms with Crippen LogP contribution in [0.3, 0.4) is 0 Å². The van der Waals surface area contributed by atoms with Gasteiger partial charge in [-0.25, -0.2) is 9.97 Å². The lowest BCUT2D eigenvalue weighted by Gasteiger charge is -2.24. The number of benzene rings is 1. The van der Waals surface area contributed by atoms with Crippen molar-refractivity contribution in [2.24, 2.45) is 11.8 Å². The molecule has 2 N–H and O–H groups in total. The van der Waals surface area contributed by atoms with E-state index in [0.717, 1.165) is 66.2 Å². The van der Waals surface area contributed by atoms with Crippen molar-refractivity contribution in [3.63, 3.8) is 0 Å². The van der Waals surface area contributed by atoms with Gasteiger partial charge in [0.15, 0.2) is 5.82 Å². The number of rotatable bonds is 7. The number of aliphatic hydroxyl groups is 1. The van der Waals surface area contributed by atoms with Gasteiger partial charge in [0.1, 0.15) is 0 Å². The van der Waals surface area contributed by atoms with Gasteiger partial charge in [0, 0.05) is 11.5 Å². The number of hydrogen-bond donors (Lipinski definition) is 2. The van der Waals surface area contributed by atoms with Crippen LogP contribution >= 0.6 is 0 Å². The summed E-state index contributed by atoms with van der Waals surface area (Å²) < 4.78 is 0. The second kappa shape index (κ2) is 9.90. The number of nitrogens with one attached hydrogen (secondary N) is 1. The molecule has 0 spiro atoms. The molecule has 0 aliphatic heterocycles. The number of aliphatic hydroxyl groups excluding tert-OH is 1. The van der Waals surface area contributed by atoms with Gasteiger partial charge < -0.3 is 10.4 Å². The number of aryl methyl sites for hydroxylation is 3. The highest BCUT2D eigenvalue weighted by Crippen LogP contribution is 2.35. The zero-order valence-corrected chi connectivity index (χ0v) is 18.9. The van der Waals surface area contributed by atoms with Crippen LogP contribution in [0.15, 0.2) is 18.2 Å². The zero-order valence-electron chi connectivity index (χ0n) is 18.9. The highest BCUT2D eigenvalue weighted by atomic mass is 16.3. The second-order valence-corrected chi connectivity index (χ2v) is 9.31. The summed E-state index contributed by atoms with van der Waals surface area (Å²) in [4.78, 5) is 22.7. The van der Waals surface area contributed by atoms with Crippen LogP contribution in [0.2, 0.25) is 0 Å². The van der Waals surface area contributed by atoms with Crippen molar-refractivity contribution in [2.75, 3.05) is 5.32 Å². The molecule has 4 rings (SSSR count). The molecule has 1 atom stereocenters. The van der Waals surface area contributed by atoms with Crippen LogP contribution in [0.5, 0.6) is 0 Å². The molecule has 1 fully saturated rings. The summed E-state index contributed by atoms with van der Waals surface area (Å²) in [6.45, 7) is 4.04. The van der Waals surface area contributed by atoms with Crippen molar-refractivity contribution in [3.8, 4) is 11.3 Å². The van der Waals surface area contributed by atoms with Crippen LogP contribution < -0.4 is 5.32 Å². The van der Waals surface area contributed by atoms with Crippen LogP contribution in [0.1, 0.15) is 81.3 Å². The molecule has 31 heavy (non-hydrogen) atoms. The first-order valence-corrected chi connectivity index (χ1v) is 12.0. The van der Waals surface area contributed by atoms with Gasteiger partial charge in [-0.1, -0.05) is 64.2 Å². The molecule has 166 valence electrons. The Morgan fingerprint density at radius 2 is 2.00 bits per heavy atom. The number of aromatic nitrogens is 2. The molecule has 5 heteroatoms. The van der Waals surface area contributed by atoms with Gasteiger partial charge in [-0.15, -0.1) is 0 Å². The standard InChI is InChI=1S/C26H35N3O2/c1-3-17(2)26(31)29-25-23(13-10-18-7-5-4-6-8-18)27-24-21-12-9-19(16-30)15-20(21)11-14-22(24)28-25/h9,12,15,17-18,30H,3-8,10-11,13-14,16H2,1-2H3,(H,28,29,31). The quantitative estimate of drug-likeness (QED) is 0.642. The lowest BCUT2D eigenvalue weighted by molar-refractivity contribution is -0.119. The Labute approximate surface area is 185 Å². The molecule has 1 unspecified atom stereocenters. The molecule has 2 aromatic rings. The lowest BCUT2D eigenvalue weighted by atomic mass is 9.85. The highest BCUT2D eigenvalue weighted by molar-refractivity contribution is 5.92. The molecule has 1 heterocycles. The molecule has 0 saturated heterocycles. The van der Waals surface area contributed by atoms with E-state index in [1.807, 2.05) is 19.9 Å². The summed E-state index contributed by atoms with van der Waals surface area (Å²) in [5, 5.41) is 12.6. The predicted octanol–water partition coefficient (Wildman–Crippen LogP) is 5.23. The van der Waals surface area contributed by atoms with Crippen molar-refractivity contribution in [1.82, 2.24) is 9.97 Å². The molecule has 0 bridgehead atoms.